The summed E-state index contributed by atoms with van der Waals surface area (Å²) in [5.74, 6) is -5.21. The topological polar surface area (TPSA) is 464 Å². The van der Waals surface area contributed by atoms with E-state index in [-0.39, 0.29) is 133 Å². The highest BCUT2D eigenvalue weighted by Gasteiger charge is 2.25. The molecule has 11 N–H and O–H groups in total. The summed E-state index contributed by atoms with van der Waals surface area (Å²) in [5.41, 5.74) is 9.12. The van der Waals surface area contributed by atoms with Crippen LogP contribution in [0.1, 0.15) is 147 Å². The number of nitrogens with zero attached hydrogens (tertiary/aromatic N) is 14. The van der Waals surface area contributed by atoms with Crippen molar-refractivity contribution in [3.8, 4) is 0 Å². The highest BCUT2D eigenvalue weighted by molar-refractivity contribution is 6.06. The Morgan fingerprint density at radius 3 is 1.35 bits per heavy atom. The largest absolute Gasteiger partial charge is 0.375 e. The molecule has 7 rings (SSSR count). The van der Waals surface area contributed by atoms with E-state index in [1.165, 1.54) is 82.8 Å². The molecule has 0 fully saturated rings. The van der Waals surface area contributed by atoms with Crippen molar-refractivity contribution in [1.29, 1.82) is 0 Å². The smallest absolute Gasteiger partial charge is 0.291 e. The van der Waals surface area contributed by atoms with Crippen molar-refractivity contribution in [1.82, 2.24) is 78.5 Å². The van der Waals surface area contributed by atoms with Crippen LogP contribution in [0.3, 0.4) is 0 Å². The predicted octanol–water partition coefficient (Wildman–Crippen LogP) is 2.96. The maximum Gasteiger partial charge on any atom is 0.291 e. The van der Waals surface area contributed by atoms with Crippen molar-refractivity contribution in [3.63, 3.8) is 0 Å². The second-order valence-electron chi connectivity index (χ2n) is 24.1. The maximum absolute atomic E-state index is 13.3. The molecule has 0 aliphatic carbocycles. The second kappa shape index (κ2) is 33.0. The fraction of sp³-hybridized carbons (Fsp3) is 0.426. The van der Waals surface area contributed by atoms with Crippen LogP contribution in [0.2, 0.25) is 0 Å². The minimum Gasteiger partial charge on any atom is -0.375 e. The maximum atomic E-state index is 13.3. The monoisotopic (exact) mass is 1360 g/mol. The molecular formula is C61H81N25O12. The van der Waals surface area contributed by atoms with Gasteiger partial charge >= 0.3 is 0 Å². The Labute approximate surface area is 561 Å². The van der Waals surface area contributed by atoms with Gasteiger partial charge in [0.25, 0.3) is 41.4 Å². The van der Waals surface area contributed by atoms with Gasteiger partial charge in [0.2, 0.25) is 41.1 Å². The summed E-state index contributed by atoms with van der Waals surface area (Å²) < 4.78 is 16.2. The Hall–Kier alpha value is -11.9. The zero-order chi connectivity index (χ0) is 71.6. The molecule has 0 aliphatic heterocycles. The van der Waals surface area contributed by atoms with Gasteiger partial charge < -0.3 is 95.2 Å². The molecule has 0 bridgehead atoms. The van der Waals surface area contributed by atoms with E-state index in [1.54, 1.807) is 66.3 Å². The van der Waals surface area contributed by atoms with Crippen molar-refractivity contribution >= 4 is 99.5 Å². The first-order valence-corrected chi connectivity index (χ1v) is 30.9. The number of carbonyl (C=O) groups is 11. The van der Waals surface area contributed by atoms with E-state index in [0.29, 0.717) is 31.7 Å². The number of azide groups is 1. The molecule has 0 aromatic carbocycles. The Morgan fingerprint density at radius 2 is 0.857 bits per heavy atom. The number of aromatic nitrogens is 11. The number of rotatable bonds is 34. The third-order valence-electron chi connectivity index (χ3n) is 14.9. The molecule has 37 nitrogen and oxygen atoms in total. The summed E-state index contributed by atoms with van der Waals surface area (Å²) in [7, 11) is 11.2. The van der Waals surface area contributed by atoms with Gasteiger partial charge in [-0.05, 0) is 56.8 Å². The van der Waals surface area contributed by atoms with E-state index in [4.69, 9.17) is 10.3 Å². The molecule has 0 aliphatic rings. The number of hydrogen-bond acceptors (Lipinski definition) is 17. The molecule has 0 radical (unpaired) electrons. The third-order valence-corrected chi connectivity index (χ3v) is 14.9. The van der Waals surface area contributed by atoms with E-state index < -0.39 is 70.2 Å². The predicted molar refractivity (Wildman–Crippen MR) is 357 cm³/mol. The molecule has 0 saturated heterocycles. The molecule has 11 amide bonds. The van der Waals surface area contributed by atoms with Gasteiger partial charge in [0, 0.05) is 174 Å². The first-order valence-electron chi connectivity index (χ1n) is 30.9. The molecule has 522 valence electrons. The number of aryl methyl sites for hydroxylation is 7. The second-order valence-corrected chi connectivity index (χ2v) is 24.1. The summed E-state index contributed by atoms with van der Waals surface area (Å²) in [4.78, 5) is 162. The number of hydrogen-bond donors (Lipinski definition) is 11. The zero-order valence-corrected chi connectivity index (χ0v) is 56.2. The van der Waals surface area contributed by atoms with Crippen LogP contribution in [0.25, 0.3) is 10.4 Å². The Balaban J connectivity index is 0.752. The van der Waals surface area contributed by atoms with Crippen molar-refractivity contribution in [2.45, 2.75) is 83.8 Å². The van der Waals surface area contributed by atoms with Crippen LogP contribution >= 0.6 is 0 Å². The van der Waals surface area contributed by atoms with Crippen LogP contribution < -0.4 is 58.5 Å². The molecule has 0 atom stereocenters. The summed E-state index contributed by atoms with van der Waals surface area (Å²) in [6.07, 6.45) is 13.0. The van der Waals surface area contributed by atoms with Crippen LogP contribution in [-0.4, -0.2) is 167 Å². The lowest BCUT2D eigenvalue weighted by Gasteiger charge is -2.27. The molecule has 7 heterocycles. The average molecular weight is 1360 g/mol. The molecule has 0 unspecified atom stereocenters. The quantitative estimate of drug-likeness (QED) is 0.0120. The lowest BCUT2D eigenvalue weighted by molar-refractivity contribution is -0.121. The standard InChI is InChI=1S/C61H81N25O12/c1-60(2,78-79-62)18-26-98-61(3,4)17-23-63-45(87)14-20-67-57(95)51-76-44(35-85(51)10)77-55(93)41-27-36(30-83(41)8)69-47(89)15-22-68-56(94)50-74-42(33-84(50)9)72-46(88)13-12-19-65-53(91)39-29-38(32-81(39)6)71-59(97)52-75-43(34-86(52)11)73-48(90)16-21-66-54(92)40-28-37(31-82(40)7)70-58(96)49-64-24-25-80(49)5/h24-25,27-35H,12-23,26H2,1-11H3,(H,63,87)(H,65,91)(H,66,92)(H,67,95)(H,68,94)(H,69,89)(H,70,96)(H,71,97)(H,72,88)(H,73,90)(H,77,93). The van der Waals surface area contributed by atoms with E-state index in [2.05, 4.69) is 88.4 Å². The number of anilines is 6. The van der Waals surface area contributed by atoms with Crippen LogP contribution in [-0.2, 0) is 73.2 Å². The average Bonchev–Trinajstić information content (AvgIpc) is 1.71. The van der Waals surface area contributed by atoms with Crippen LogP contribution in [0.5, 0.6) is 0 Å². The van der Waals surface area contributed by atoms with Gasteiger partial charge in [-0.1, -0.05) is 19.0 Å². The SMILES string of the molecule is Cn1cc(NC(=O)c2nc(NC(=O)CCNC(=O)c3cc(NC(=O)c4nccn4C)cn3C)cn2C)cc1C(=O)NCCCC(=O)Nc1cn(C)c(C(=O)NCCC(=O)Nc2cc(C(=O)Nc3cn(C)c(C(=O)NCCC(=O)NCCC(C)(C)OCCC(C)(C)N=[N+]=[N-])n3)n(C)c2)n1. The van der Waals surface area contributed by atoms with Crippen molar-refractivity contribution in [2.75, 3.05) is 71.2 Å². The fourth-order valence-electron chi connectivity index (χ4n) is 9.63. The van der Waals surface area contributed by atoms with Gasteiger partial charge in [-0.25, -0.2) is 19.9 Å². The lowest BCUT2D eigenvalue weighted by atomic mass is 10.0. The molecule has 7 aromatic rings. The van der Waals surface area contributed by atoms with Crippen molar-refractivity contribution in [3.05, 3.63) is 119 Å². The number of amides is 11. The van der Waals surface area contributed by atoms with E-state index in [1.807, 2.05) is 27.7 Å². The van der Waals surface area contributed by atoms with Crippen molar-refractivity contribution in [2.24, 2.45) is 54.4 Å². The van der Waals surface area contributed by atoms with E-state index >= 15 is 0 Å². The lowest BCUT2D eigenvalue weighted by Crippen LogP contribution is -2.35. The molecule has 98 heavy (non-hydrogen) atoms. The van der Waals surface area contributed by atoms with Crippen LogP contribution in [0.15, 0.2) is 72.9 Å². The zero-order valence-electron chi connectivity index (χ0n) is 56.2. The summed E-state index contributed by atoms with van der Waals surface area (Å²) in [5, 5.41) is 33.2. The number of ether oxygens (including phenoxy) is 1. The Kier molecular flexibility index (Phi) is 24.8. The normalized spacial score (nSPS) is 11.2. The molecule has 0 saturated carbocycles. The van der Waals surface area contributed by atoms with Crippen LogP contribution in [0.4, 0.5) is 34.5 Å². The number of carbonyl (C=O) groups excluding carboxylic acids is 11. The number of nitrogens with one attached hydrogen (secondary N) is 11. The molecule has 37 heteroatoms. The third kappa shape index (κ3) is 21.1. The Morgan fingerprint density at radius 1 is 0.439 bits per heavy atom. The summed E-state index contributed by atoms with van der Waals surface area (Å²) in [6.45, 7) is 8.15. The molecule has 7 aromatic heterocycles. The van der Waals surface area contributed by atoms with Gasteiger partial charge in [-0.15, -0.1) is 0 Å². The minimum atomic E-state index is -0.637. The van der Waals surface area contributed by atoms with Gasteiger partial charge in [0.05, 0.1) is 22.7 Å². The van der Waals surface area contributed by atoms with Gasteiger partial charge in [-0.2, -0.15) is 0 Å². The van der Waals surface area contributed by atoms with Gasteiger partial charge in [0.1, 0.15) is 17.1 Å². The minimum absolute atomic E-state index is 0.00493. The Bertz CT molecular complexity index is 4180. The first-order chi connectivity index (χ1) is 46.4. The number of imidazole rings is 4. The fourth-order valence-corrected chi connectivity index (χ4v) is 9.63. The highest BCUT2D eigenvalue weighted by atomic mass is 16.5. The van der Waals surface area contributed by atoms with E-state index in [0.717, 1.165) is 0 Å². The highest BCUT2D eigenvalue weighted by Crippen LogP contribution is 2.22. The summed E-state index contributed by atoms with van der Waals surface area (Å²) >= 11 is 0. The van der Waals surface area contributed by atoms with E-state index in [9.17, 15) is 52.7 Å². The van der Waals surface area contributed by atoms with Gasteiger partial charge in [0.15, 0.2) is 23.3 Å². The summed E-state index contributed by atoms with van der Waals surface area (Å²) in [6, 6.07) is 4.38. The molecule has 0 spiro atoms. The first kappa shape index (κ1) is 73.5. The molecular weight excluding hydrogens is 1270 g/mol. The van der Waals surface area contributed by atoms with Gasteiger partial charge in [-0.3, -0.25) is 52.7 Å². The van der Waals surface area contributed by atoms with Crippen LogP contribution in [0, 0.1) is 0 Å². The van der Waals surface area contributed by atoms with Crippen molar-refractivity contribution < 1.29 is 57.5 Å².